The fourth-order valence-electron chi connectivity index (χ4n) is 1.49. The van der Waals surface area contributed by atoms with Crippen molar-refractivity contribution < 1.29 is 4.74 Å². The van der Waals surface area contributed by atoms with Crippen LogP contribution in [0.5, 0.6) is 5.75 Å². The molecule has 1 aliphatic rings. The number of rotatable bonds is 4. The van der Waals surface area contributed by atoms with Gasteiger partial charge in [0.05, 0.1) is 12.8 Å². The summed E-state index contributed by atoms with van der Waals surface area (Å²) in [5.74, 6) is 1.35. The lowest BCUT2D eigenvalue weighted by atomic mass is 10.1. The molecule has 1 heterocycles. The molecule has 0 spiro atoms. The van der Waals surface area contributed by atoms with Crippen LogP contribution in [0, 0.1) is 5.41 Å². The Labute approximate surface area is 84.3 Å². The highest BCUT2D eigenvalue weighted by atomic mass is 16.5. The van der Waals surface area contributed by atoms with E-state index in [0.717, 1.165) is 12.4 Å². The standard InChI is InChI=1S/C11H16N2O/c1-2-11(5-6-11)8-14-9-3-4-10(12)13-7-9/h3-4,7H,2,5-6,8H2,1H3,(H2,12,13). The van der Waals surface area contributed by atoms with Crippen LogP contribution >= 0.6 is 0 Å². The Morgan fingerprint density at radius 1 is 1.50 bits per heavy atom. The van der Waals surface area contributed by atoms with Crippen molar-refractivity contribution in [3.63, 3.8) is 0 Å². The van der Waals surface area contributed by atoms with Crippen LogP contribution in [0.1, 0.15) is 26.2 Å². The van der Waals surface area contributed by atoms with E-state index in [2.05, 4.69) is 11.9 Å². The molecule has 1 aliphatic carbocycles. The maximum absolute atomic E-state index is 5.66. The summed E-state index contributed by atoms with van der Waals surface area (Å²) in [5, 5.41) is 0. The van der Waals surface area contributed by atoms with Gasteiger partial charge in [0.2, 0.25) is 0 Å². The predicted octanol–water partition coefficient (Wildman–Crippen LogP) is 2.23. The van der Waals surface area contributed by atoms with Gasteiger partial charge in [0.15, 0.2) is 0 Å². The summed E-state index contributed by atoms with van der Waals surface area (Å²) in [7, 11) is 0. The zero-order valence-corrected chi connectivity index (χ0v) is 8.49. The van der Waals surface area contributed by atoms with Crippen molar-refractivity contribution in [2.75, 3.05) is 12.3 Å². The quantitative estimate of drug-likeness (QED) is 0.795. The largest absolute Gasteiger partial charge is 0.491 e. The molecule has 14 heavy (non-hydrogen) atoms. The van der Waals surface area contributed by atoms with E-state index in [-0.39, 0.29) is 0 Å². The molecule has 2 N–H and O–H groups in total. The first-order chi connectivity index (χ1) is 6.74. The van der Waals surface area contributed by atoms with Crippen LogP contribution in [-0.2, 0) is 0 Å². The lowest BCUT2D eigenvalue weighted by molar-refractivity contribution is 0.229. The molecule has 3 nitrogen and oxygen atoms in total. The molecule has 3 heteroatoms. The van der Waals surface area contributed by atoms with Crippen molar-refractivity contribution in [2.45, 2.75) is 26.2 Å². The Morgan fingerprint density at radius 3 is 2.79 bits per heavy atom. The Kier molecular flexibility index (Phi) is 2.32. The highest BCUT2D eigenvalue weighted by molar-refractivity contribution is 5.32. The van der Waals surface area contributed by atoms with Crippen LogP contribution in [0.4, 0.5) is 5.82 Å². The summed E-state index contributed by atoms with van der Waals surface area (Å²) in [6, 6.07) is 3.63. The molecule has 2 rings (SSSR count). The zero-order valence-electron chi connectivity index (χ0n) is 8.49. The summed E-state index contributed by atoms with van der Waals surface area (Å²) >= 11 is 0. The molecule has 1 saturated carbocycles. The number of anilines is 1. The minimum Gasteiger partial charge on any atom is -0.491 e. The molecular formula is C11H16N2O. The SMILES string of the molecule is CCC1(COc2ccc(N)nc2)CC1. The third-order valence-electron chi connectivity index (χ3n) is 3.01. The first-order valence-electron chi connectivity index (χ1n) is 5.08. The molecule has 0 aromatic carbocycles. The number of pyridine rings is 1. The van der Waals surface area contributed by atoms with Gasteiger partial charge in [-0.3, -0.25) is 0 Å². The summed E-state index contributed by atoms with van der Waals surface area (Å²) < 4.78 is 5.66. The summed E-state index contributed by atoms with van der Waals surface area (Å²) in [4.78, 5) is 3.98. The van der Waals surface area contributed by atoms with Crippen molar-refractivity contribution >= 4 is 5.82 Å². The molecule has 1 aromatic rings. The third-order valence-corrected chi connectivity index (χ3v) is 3.01. The van der Waals surface area contributed by atoms with Crippen LogP contribution in [0.25, 0.3) is 0 Å². The molecular weight excluding hydrogens is 176 g/mol. The number of nitrogens with two attached hydrogens (primary N) is 1. The number of aromatic nitrogens is 1. The van der Waals surface area contributed by atoms with E-state index >= 15 is 0 Å². The second kappa shape index (κ2) is 3.48. The highest BCUT2D eigenvalue weighted by Gasteiger charge is 2.41. The summed E-state index contributed by atoms with van der Waals surface area (Å²) in [5.41, 5.74) is 5.94. The number of ether oxygens (including phenoxy) is 1. The van der Waals surface area contributed by atoms with Gasteiger partial charge in [-0.2, -0.15) is 0 Å². The lowest BCUT2D eigenvalue weighted by Gasteiger charge is -2.13. The average molecular weight is 192 g/mol. The first kappa shape index (κ1) is 9.31. The Balaban J connectivity index is 1.89. The fraction of sp³-hybridized carbons (Fsp3) is 0.545. The Hall–Kier alpha value is -1.25. The number of hydrogen-bond donors (Lipinski definition) is 1. The molecule has 0 saturated heterocycles. The van der Waals surface area contributed by atoms with E-state index in [0.29, 0.717) is 11.2 Å². The smallest absolute Gasteiger partial charge is 0.137 e. The van der Waals surface area contributed by atoms with E-state index < -0.39 is 0 Å². The van der Waals surface area contributed by atoms with E-state index in [1.165, 1.54) is 19.3 Å². The maximum Gasteiger partial charge on any atom is 0.137 e. The predicted molar refractivity (Wildman–Crippen MR) is 56.1 cm³/mol. The van der Waals surface area contributed by atoms with Gasteiger partial charge in [0.1, 0.15) is 11.6 Å². The molecule has 0 radical (unpaired) electrons. The van der Waals surface area contributed by atoms with Crippen LogP contribution in [0.2, 0.25) is 0 Å². The van der Waals surface area contributed by atoms with Crippen molar-refractivity contribution in [2.24, 2.45) is 5.41 Å². The zero-order chi connectivity index (χ0) is 10.0. The van der Waals surface area contributed by atoms with Gasteiger partial charge in [-0.15, -0.1) is 0 Å². The first-order valence-corrected chi connectivity index (χ1v) is 5.08. The van der Waals surface area contributed by atoms with Gasteiger partial charge in [0.25, 0.3) is 0 Å². The van der Waals surface area contributed by atoms with Crippen LogP contribution < -0.4 is 10.5 Å². The minimum atomic E-state index is 0.460. The number of nitrogens with zero attached hydrogens (tertiary/aromatic N) is 1. The monoisotopic (exact) mass is 192 g/mol. The Bertz CT molecular complexity index is 304. The second-order valence-electron chi connectivity index (χ2n) is 4.06. The maximum atomic E-state index is 5.66. The van der Waals surface area contributed by atoms with E-state index in [4.69, 9.17) is 10.5 Å². The molecule has 76 valence electrons. The van der Waals surface area contributed by atoms with Gasteiger partial charge in [-0.05, 0) is 31.4 Å². The van der Waals surface area contributed by atoms with Gasteiger partial charge >= 0.3 is 0 Å². The lowest BCUT2D eigenvalue weighted by Crippen LogP contribution is -2.11. The molecule has 0 aliphatic heterocycles. The molecule has 1 fully saturated rings. The molecule has 1 aromatic heterocycles. The third kappa shape index (κ3) is 1.97. The van der Waals surface area contributed by atoms with E-state index in [9.17, 15) is 0 Å². The Morgan fingerprint density at radius 2 is 2.29 bits per heavy atom. The number of nitrogen functional groups attached to an aromatic ring is 1. The van der Waals surface area contributed by atoms with Crippen molar-refractivity contribution in [1.82, 2.24) is 4.98 Å². The van der Waals surface area contributed by atoms with Gasteiger partial charge in [-0.25, -0.2) is 4.98 Å². The van der Waals surface area contributed by atoms with Crippen LogP contribution in [0.15, 0.2) is 18.3 Å². The van der Waals surface area contributed by atoms with Gasteiger partial charge < -0.3 is 10.5 Å². The van der Waals surface area contributed by atoms with Gasteiger partial charge in [-0.1, -0.05) is 6.92 Å². The fourth-order valence-corrected chi connectivity index (χ4v) is 1.49. The van der Waals surface area contributed by atoms with Gasteiger partial charge in [0, 0.05) is 5.41 Å². The van der Waals surface area contributed by atoms with Crippen LogP contribution in [0.3, 0.4) is 0 Å². The normalized spacial score (nSPS) is 17.8. The van der Waals surface area contributed by atoms with Crippen molar-refractivity contribution in [1.29, 1.82) is 0 Å². The highest BCUT2D eigenvalue weighted by Crippen LogP contribution is 2.48. The topological polar surface area (TPSA) is 48.1 Å². The molecule has 0 unspecified atom stereocenters. The number of hydrogen-bond acceptors (Lipinski definition) is 3. The molecule has 0 bridgehead atoms. The van der Waals surface area contributed by atoms with Crippen molar-refractivity contribution in [3.05, 3.63) is 18.3 Å². The van der Waals surface area contributed by atoms with E-state index in [1.54, 1.807) is 12.3 Å². The van der Waals surface area contributed by atoms with E-state index in [1.807, 2.05) is 6.07 Å². The van der Waals surface area contributed by atoms with Crippen LogP contribution in [-0.4, -0.2) is 11.6 Å². The average Bonchev–Trinajstić information content (AvgIpc) is 2.98. The van der Waals surface area contributed by atoms with Crippen molar-refractivity contribution in [3.8, 4) is 5.75 Å². The molecule has 0 atom stereocenters. The summed E-state index contributed by atoms with van der Waals surface area (Å²) in [6.45, 7) is 3.03. The minimum absolute atomic E-state index is 0.460. The molecule has 0 amide bonds. The second-order valence-corrected chi connectivity index (χ2v) is 4.06. The summed E-state index contributed by atoms with van der Waals surface area (Å²) in [6.07, 6.45) is 5.48.